The predicted octanol–water partition coefficient (Wildman–Crippen LogP) is 2.19. The van der Waals surface area contributed by atoms with E-state index in [2.05, 4.69) is 0 Å². The van der Waals surface area contributed by atoms with Crippen LogP contribution in [-0.2, 0) is 0 Å². The molecule has 16 heavy (non-hydrogen) atoms. The van der Waals surface area contributed by atoms with E-state index in [1.165, 1.54) is 5.56 Å². The number of benzene rings is 1. The largest absolute Gasteiger partial charge is 0.497 e. The van der Waals surface area contributed by atoms with E-state index in [-0.39, 0.29) is 6.10 Å². The fourth-order valence-electron chi connectivity index (χ4n) is 2.17. The summed E-state index contributed by atoms with van der Waals surface area (Å²) in [5.41, 5.74) is 1.20. The van der Waals surface area contributed by atoms with Crippen LogP contribution in [0.1, 0.15) is 24.8 Å². The van der Waals surface area contributed by atoms with Crippen LogP contribution in [-0.4, -0.2) is 25.4 Å². The van der Waals surface area contributed by atoms with Crippen LogP contribution in [0.15, 0.2) is 18.2 Å². The van der Waals surface area contributed by atoms with E-state index in [0.717, 1.165) is 17.9 Å². The maximum Gasteiger partial charge on any atom is 0.122 e. The van der Waals surface area contributed by atoms with Crippen LogP contribution in [0.2, 0.25) is 0 Å². The highest BCUT2D eigenvalue weighted by molar-refractivity contribution is 5.42. The first-order valence-electron chi connectivity index (χ1n) is 5.56. The summed E-state index contributed by atoms with van der Waals surface area (Å²) >= 11 is 0. The van der Waals surface area contributed by atoms with Crippen LogP contribution in [0.3, 0.4) is 0 Å². The lowest BCUT2D eigenvalue weighted by molar-refractivity contribution is 0.169. The lowest BCUT2D eigenvalue weighted by Crippen LogP contribution is -2.03. The Bertz CT molecular complexity index is 351. The van der Waals surface area contributed by atoms with Gasteiger partial charge < -0.3 is 14.6 Å². The molecule has 1 aromatic rings. The molecular weight excluding hydrogens is 204 g/mol. The van der Waals surface area contributed by atoms with E-state index < -0.39 is 0 Å². The van der Waals surface area contributed by atoms with Crippen molar-refractivity contribution < 1.29 is 14.6 Å². The number of hydrogen-bond donors (Lipinski definition) is 1. The molecule has 1 aromatic carbocycles. The van der Waals surface area contributed by atoms with E-state index in [1.54, 1.807) is 14.2 Å². The fraction of sp³-hybridized carbons (Fsp3) is 0.538. The van der Waals surface area contributed by atoms with Crippen molar-refractivity contribution in [3.63, 3.8) is 0 Å². The van der Waals surface area contributed by atoms with Crippen LogP contribution in [0.4, 0.5) is 0 Å². The Morgan fingerprint density at radius 2 is 1.75 bits per heavy atom. The third-order valence-corrected chi connectivity index (χ3v) is 3.26. The second kappa shape index (κ2) is 4.34. The maximum atomic E-state index is 9.51. The molecule has 0 unspecified atom stereocenters. The number of methoxy groups -OCH3 is 2. The molecular formula is C13H18O3. The van der Waals surface area contributed by atoms with Crippen molar-refractivity contribution in [3.05, 3.63) is 23.8 Å². The lowest BCUT2D eigenvalue weighted by Gasteiger charge is -2.09. The molecule has 0 aromatic heterocycles. The molecule has 3 heteroatoms. The van der Waals surface area contributed by atoms with E-state index in [9.17, 15) is 5.11 Å². The average Bonchev–Trinajstić information content (AvgIpc) is 3.08. The quantitative estimate of drug-likeness (QED) is 0.848. The molecule has 0 aliphatic heterocycles. The Balaban J connectivity index is 2.21. The number of aliphatic hydroxyl groups is 1. The molecule has 0 bridgehead atoms. The van der Waals surface area contributed by atoms with Crippen molar-refractivity contribution in [2.24, 2.45) is 5.92 Å². The molecule has 1 saturated carbocycles. The maximum absolute atomic E-state index is 9.51. The fourth-order valence-corrected chi connectivity index (χ4v) is 2.17. The third-order valence-electron chi connectivity index (χ3n) is 3.26. The van der Waals surface area contributed by atoms with Crippen molar-refractivity contribution in [2.75, 3.05) is 14.2 Å². The van der Waals surface area contributed by atoms with E-state index in [4.69, 9.17) is 9.47 Å². The van der Waals surface area contributed by atoms with Gasteiger partial charge in [0, 0.05) is 6.07 Å². The first kappa shape index (κ1) is 11.3. The van der Waals surface area contributed by atoms with Crippen molar-refractivity contribution in [1.82, 2.24) is 0 Å². The van der Waals surface area contributed by atoms with Crippen LogP contribution in [0.25, 0.3) is 0 Å². The summed E-state index contributed by atoms with van der Waals surface area (Å²) < 4.78 is 10.5. The number of ether oxygens (including phenoxy) is 2. The molecule has 0 spiro atoms. The molecule has 0 saturated heterocycles. The van der Waals surface area contributed by atoms with Crippen molar-refractivity contribution in [2.45, 2.75) is 25.4 Å². The molecule has 0 heterocycles. The second-order valence-electron chi connectivity index (χ2n) is 4.39. The normalized spacial score (nSPS) is 25.0. The van der Waals surface area contributed by atoms with Gasteiger partial charge in [-0.15, -0.1) is 0 Å². The predicted molar refractivity (Wildman–Crippen MR) is 62.1 cm³/mol. The number of aliphatic hydroxyl groups excluding tert-OH is 1. The molecule has 1 fully saturated rings. The van der Waals surface area contributed by atoms with Gasteiger partial charge in [-0.05, 0) is 42.9 Å². The SMILES string of the molecule is COc1cc(OC)cc([C@H]2C[C@H]2[C@@H](C)O)c1. The standard InChI is InChI=1S/C13H18O3/c1-8(14)12-7-13(12)9-4-10(15-2)6-11(5-9)16-3/h4-6,8,12-14H,7H2,1-3H3/t8-,12+,13-/m1/s1. The molecule has 0 radical (unpaired) electrons. The van der Waals surface area contributed by atoms with Gasteiger partial charge in [-0.3, -0.25) is 0 Å². The van der Waals surface area contributed by atoms with E-state index >= 15 is 0 Å². The molecule has 3 nitrogen and oxygen atoms in total. The molecule has 0 amide bonds. The number of rotatable bonds is 4. The summed E-state index contributed by atoms with van der Waals surface area (Å²) in [4.78, 5) is 0. The second-order valence-corrected chi connectivity index (χ2v) is 4.39. The topological polar surface area (TPSA) is 38.7 Å². The van der Waals surface area contributed by atoms with Crippen LogP contribution in [0.5, 0.6) is 11.5 Å². The molecule has 2 rings (SSSR count). The van der Waals surface area contributed by atoms with Gasteiger partial charge in [-0.1, -0.05) is 0 Å². The molecule has 1 aliphatic carbocycles. The lowest BCUT2D eigenvalue weighted by atomic mass is 10.1. The zero-order valence-corrected chi connectivity index (χ0v) is 9.93. The Morgan fingerprint density at radius 1 is 1.19 bits per heavy atom. The van der Waals surface area contributed by atoms with Crippen molar-refractivity contribution in [1.29, 1.82) is 0 Å². The Hall–Kier alpha value is -1.22. The van der Waals surface area contributed by atoms with Gasteiger partial charge in [0.2, 0.25) is 0 Å². The molecule has 3 atom stereocenters. The minimum absolute atomic E-state index is 0.234. The summed E-state index contributed by atoms with van der Waals surface area (Å²) in [6.45, 7) is 1.85. The summed E-state index contributed by atoms with van der Waals surface area (Å²) in [7, 11) is 3.30. The summed E-state index contributed by atoms with van der Waals surface area (Å²) in [5.74, 6) is 2.46. The van der Waals surface area contributed by atoms with E-state index in [1.807, 2.05) is 25.1 Å². The zero-order valence-electron chi connectivity index (χ0n) is 9.93. The van der Waals surface area contributed by atoms with Gasteiger partial charge in [-0.25, -0.2) is 0 Å². The summed E-state index contributed by atoms with van der Waals surface area (Å²) in [6.07, 6.45) is 0.816. The van der Waals surface area contributed by atoms with Crippen LogP contribution in [0, 0.1) is 5.92 Å². The highest BCUT2D eigenvalue weighted by atomic mass is 16.5. The minimum Gasteiger partial charge on any atom is -0.497 e. The van der Waals surface area contributed by atoms with Gasteiger partial charge in [0.25, 0.3) is 0 Å². The molecule has 1 aliphatic rings. The minimum atomic E-state index is -0.234. The first-order chi connectivity index (χ1) is 7.65. The van der Waals surface area contributed by atoms with E-state index in [0.29, 0.717) is 11.8 Å². The Kier molecular flexibility index (Phi) is 3.06. The zero-order chi connectivity index (χ0) is 11.7. The van der Waals surface area contributed by atoms with Crippen LogP contribution < -0.4 is 9.47 Å². The highest BCUT2D eigenvalue weighted by Crippen LogP contribution is 2.50. The smallest absolute Gasteiger partial charge is 0.122 e. The van der Waals surface area contributed by atoms with Crippen LogP contribution >= 0.6 is 0 Å². The molecule has 88 valence electrons. The Labute approximate surface area is 96.0 Å². The van der Waals surface area contributed by atoms with Gasteiger partial charge in [0.1, 0.15) is 11.5 Å². The first-order valence-corrected chi connectivity index (χ1v) is 5.56. The summed E-state index contributed by atoms with van der Waals surface area (Å²) in [5, 5.41) is 9.51. The summed E-state index contributed by atoms with van der Waals surface area (Å²) in [6, 6.07) is 5.91. The molecule has 1 N–H and O–H groups in total. The monoisotopic (exact) mass is 222 g/mol. The number of hydrogen-bond acceptors (Lipinski definition) is 3. The third kappa shape index (κ3) is 2.14. The van der Waals surface area contributed by atoms with Crippen molar-refractivity contribution in [3.8, 4) is 11.5 Å². The average molecular weight is 222 g/mol. The van der Waals surface area contributed by atoms with Gasteiger partial charge in [0.05, 0.1) is 20.3 Å². The van der Waals surface area contributed by atoms with Gasteiger partial charge >= 0.3 is 0 Å². The highest BCUT2D eigenvalue weighted by Gasteiger charge is 2.41. The van der Waals surface area contributed by atoms with Crippen molar-refractivity contribution >= 4 is 0 Å². The van der Waals surface area contributed by atoms with Gasteiger partial charge in [0.15, 0.2) is 0 Å². The Morgan fingerprint density at radius 3 is 2.12 bits per heavy atom. The van der Waals surface area contributed by atoms with Gasteiger partial charge in [-0.2, -0.15) is 0 Å².